The minimum Gasteiger partial charge on any atom is -0.489 e. The minimum atomic E-state index is -0.313. The number of amides is 1. The number of hydrazine groups is 1. The lowest BCUT2D eigenvalue weighted by Crippen LogP contribution is -2.75. The van der Waals surface area contributed by atoms with Crippen molar-refractivity contribution in [2.45, 2.75) is 184 Å². The molecule has 7 N–H and O–H groups in total. The van der Waals surface area contributed by atoms with Crippen molar-refractivity contribution in [2.24, 2.45) is 39.5 Å². The Morgan fingerprint density at radius 1 is 0.986 bits per heavy atom. The maximum atomic E-state index is 13.8. The molecule has 2 aliphatic carbocycles. The number of anilines is 1. The van der Waals surface area contributed by atoms with Gasteiger partial charge in [-0.15, -0.1) is 11.8 Å². The molecule has 0 radical (unpaired) electrons. The highest BCUT2D eigenvalue weighted by atomic mass is 35.5. The number of carbonyl (C=O) groups is 1. The van der Waals surface area contributed by atoms with Crippen molar-refractivity contribution in [2.75, 3.05) is 24.6 Å². The van der Waals surface area contributed by atoms with Crippen molar-refractivity contribution in [3.8, 4) is 11.8 Å². The molecule has 2 saturated carbocycles. The first kappa shape index (κ1) is 48.3. The van der Waals surface area contributed by atoms with E-state index in [4.69, 9.17) is 26.1 Å². The minimum absolute atomic E-state index is 0.0217. The number of nitrogens with zero attached hydrogens (tertiary/aromatic N) is 4. The van der Waals surface area contributed by atoms with E-state index < -0.39 is 0 Å². The van der Waals surface area contributed by atoms with Gasteiger partial charge in [0.2, 0.25) is 5.91 Å². The number of nitrogens with one attached hydrogen (secondary N) is 7. The van der Waals surface area contributed by atoms with Crippen LogP contribution in [0.3, 0.4) is 0 Å². The lowest BCUT2D eigenvalue weighted by molar-refractivity contribution is -0.174. The quantitative estimate of drug-likeness (QED) is 0.136. The summed E-state index contributed by atoms with van der Waals surface area (Å²) in [6.07, 6.45) is 10.9. The van der Waals surface area contributed by atoms with Crippen LogP contribution >= 0.6 is 23.4 Å². The second kappa shape index (κ2) is 19.1. The van der Waals surface area contributed by atoms with Gasteiger partial charge in [-0.25, -0.2) is 10.9 Å². The summed E-state index contributed by atoms with van der Waals surface area (Å²) < 4.78 is 13.0. The van der Waals surface area contributed by atoms with Crippen molar-refractivity contribution in [3.05, 3.63) is 58.6 Å². The fourth-order valence-corrected chi connectivity index (χ4v) is 16.9. The summed E-state index contributed by atoms with van der Waals surface area (Å²) in [5.74, 6) is 2.07. The first-order valence-electron chi connectivity index (χ1n) is 26.4. The molecule has 11 rings (SSSR count). The van der Waals surface area contributed by atoms with E-state index in [9.17, 15) is 10.1 Å². The molecule has 2 aromatic rings. The molecule has 0 aromatic heterocycles. The van der Waals surface area contributed by atoms with Gasteiger partial charge in [0.25, 0.3) is 0 Å². The Bertz CT molecular complexity index is 2250. The zero-order chi connectivity index (χ0) is 47.9. The van der Waals surface area contributed by atoms with Crippen molar-refractivity contribution in [3.63, 3.8) is 0 Å². The van der Waals surface area contributed by atoms with Crippen molar-refractivity contribution < 1.29 is 14.3 Å². The van der Waals surface area contributed by atoms with Gasteiger partial charge < -0.3 is 19.7 Å². The maximum absolute atomic E-state index is 13.8. The molecule has 7 heterocycles. The SMILES string of the molecule is CC1SC2C(C(c3ccc(N4[C@@H]5CC[C@H]4CC(NC4NCC(C(=O)NC6C(C)(C)C(Oc7ccc(C#N)c(Cl)c7)C6(C)C)CN4)C5)cc3)=NC(CC3NC(C4CCCC4)CO3)C3NNC(C)N32)C1C. The number of ether oxygens (including phenoxy) is 2. The van der Waals surface area contributed by atoms with Crippen LogP contribution in [-0.4, -0.2) is 114 Å². The van der Waals surface area contributed by atoms with Crippen LogP contribution in [-0.2, 0) is 9.53 Å². The van der Waals surface area contributed by atoms with E-state index >= 15 is 0 Å². The van der Waals surface area contributed by atoms with Crippen molar-refractivity contribution in [1.29, 1.82) is 5.26 Å². The van der Waals surface area contributed by atoms with Crippen LogP contribution in [0.2, 0.25) is 5.02 Å². The third-order valence-electron chi connectivity index (χ3n) is 18.3. The van der Waals surface area contributed by atoms with E-state index in [1.807, 2.05) is 0 Å². The average molecular weight is 983 g/mol. The van der Waals surface area contributed by atoms with Gasteiger partial charge in [-0.05, 0) is 87.1 Å². The number of benzene rings is 2. The normalized spacial score (nSPS) is 40.3. The number of hydrogen-bond acceptors (Lipinski definition) is 14. The number of nitriles is 1. The van der Waals surface area contributed by atoms with Crippen LogP contribution in [0.4, 0.5) is 5.69 Å². The maximum Gasteiger partial charge on any atom is 0.225 e. The monoisotopic (exact) mass is 982 g/mol. The molecule has 374 valence electrons. The van der Waals surface area contributed by atoms with Crippen LogP contribution in [0, 0.1) is 45.8 Å². The zero-order valence-electron chi connectivity index (χ0n) is 41.6. The Balaban J connectivity index is 0.705. The molecule has 6 saturated heterocycles. The summed E-state index contributed by atoms with van der Waals surface area (Å²) >= 11 is 8.44. The largest absolute Gasteiger partial charge is 0.489 e. The van der Waals surface area contributed by atoms with Crippen LogP contribution < -0.4 is 47.1 Å². The van der Waals surface area contributed by atoms with Gasteiger partial charge in [0.05, 0.1) is 46.9 Å². The number of thioether (sulfide) groups is 1. The van der Waals surface area contributed by atoms with Gasteiger partial charge in [0.1, 0.15) is 30.4 Å². The molecular weight excluding hydrogens is 906 g/mol. The number of piperidine rings is 1. The molecular formula is C53H76ClN11O3S. The summed E-state index contributed by atoms with van der Waals surface area (Å²) in [5.41, 5.74) is 11.0. The fraction of sp³-hybridized carbons (Fsp3) is 0.717. The highest BCUT2D eigenvalue weighted by Gasteiger charge is 2.64. The van der Waals surface area contributed by atoms with Crippen LogP contribution in [0.5, 0.6) is 5.75 Å². The molecule has 9 aliphatic rings. The highest BCUT2D eigenvalue weighted by molar-refractivity contribution is 8.00. The third-order valence-corrected chi connectivity index (χ3v) is 20.3. The number of halogens is 1. The Kier molecular flexibility index (Phi) is 13.4. The standard InChI is InChI=1S/C53H76ClN11O3S/c1-28-29(2)69-48-44(28)45(60-41(46-63-62-30(3)64(46)48)23-43-59-42(27-67-43)31-10-8-9-11-31)32-12-15-36(16-13-32)65-37-17-18-38(65)21-35(20-37)58-51-56-25-34(26-57-51)47(66)61-49-52(4,5)50(53(49,6)7)68-39-19-14-33(24-55)40(54)22-39/h12-16,19,22,28-31,34-35,37-38,41-44,46,48-51,56-59,62-63H,8-11,17-18,20-21,23,25-27H2,1-7H3,(H,61,66)/t28?,29?,30?,34?,35?,37-,38+,41?,42?,43?,44?,46?,48?,49?,50?,51?. The van der Waals surface area contributed by atoms with Crippen LogP contribution in [0.15, 0.2) is 47.5 Å². The van der Waals surface area contributed by atoms with Gasteiger partial charge in [0.15, 0.2) is 0 Å². The van der Waals surface area contributed by atoms with E-state index in [1.54, 1.807) is 18.2 Å². The predicted molar refractivity (Wildman–Crippen MR) is 274 cm³/mol. The first-order chi connectivity index (χ1) is 33.2. The molecule has 14 nitrogen and oxygen atoms in total. The van der Waals surface area contributed by atoms with E-state index in [2.05, 4.69) is 138 Å². The summed E-state index contributed by atoms with van der Waals surface area (Å²) in [6.45, 7) is 17.8. The van der Waals surface area contributed by atoms with E-state index in [0.717, 1.165) is 31.8 Å². The lowest BCUT2D eigenvalue weighted by atomic mass is 9.49. The second-order valence-corrected chi connectivity index (χ2v) is 25.3. The van der Waals surface area contributed by atoms with Crippen molar-refractivity contribution in [1.82, 2.24) is 42.3 Å². The molecule has 69 heavy (non-hydrogen) atoms. The molecule has 16 heteroatoms. The number of hydrogen-bond donors (Lipinski definition) is 7. The number of fused-ring (bicyclic) bond motifs is 5. The van der Waals surface area contributed by atoms with E-state index in [0.29, 0.717) is 76.1 Å². The Morgan fingerprint density at radius 3 is 2.38 bits per heavy atom. The Morgan fingerprint density at radius 2 is 1.70 bits per heavy atom. The summed E-state index contributed by atoms with van der Waals surface area (Å²) in [4.78, 5) is 25.0. The lowest BCUT2D eigenvalue weighted by Gasteiger charge is -2.63. The topological polar surface area (TPSA) is 162 Å². The van der Waals surface area contributed by atoms with Crippen LogP contribution in [0.1, 0.15) is 117 Å². The number of carbonyl (C=O) groups excluding carboxylic acids is 1. The first-order valence-corrected chi connectivity index (χ1v) is 27.7. The number of aliphatic imine (C=N–C) groups is 1. The van der Waals surface area contributed by atoms with Gasteiger partial charge in [-0.3, -0.25) is 36.0 Å². The second-order valence-electron chi connectivity index (χ2n) is 23.4. The summed E-state index contributed by atoms with van der Waals surface area (Å²) in [5, 5.41) is 29.0. The van der Waals surface area contributed by atoms with Gasteiger partial charge in [-0.1, -0.05) is 78.1 Å². The van der Waals surface area contributed by atoms with Gasteiger partial charge in [-0.2, -0.15) is 5.26 Å². The van der Waals surface area contributed by atoms with E-state index in [1.165, 1.54) is 55.5 Å². The summed E-state index contributed by atoms with van der Waals surface area (Å²) in [7, 11) is 0. The molecule has 10 unspecified atom stereocenters. The van der Waals surface area contributed by atoms with Gasteiger partial charge in [0, 0.05) is 89.2 Å². The van der Waals surface area contributed by atoms with E-state index in [-0.39, 0.29) is 65.7 Å². The average Bonchev–Trinajstić information content (AvgIpc) is 4.18. The molecule has 8 fully saturated rings. The molecule has 2 aromatic carbocycles. The molecule has 7 aliphatic heterocycles. The van der Waals surface area contributed by atoms with Crippen molar-refractivity contribution >= 4 is 40.7 Å². The highest BCUT2D eigenvalue weighted by Crippen LogP contribution is 2.56. The molecule has 2 bridgehead atoms. The van der Waals surface area contributed by atoms with Gasteiger partial charge >= 0.3 is 0 Å². The third kappa shape index (κ3) is 8.92. The number of rotatable bonds is 11. The molecule has 0 spiro atoms. The summed E-state index contributed by atoms with van der Waals surface area (Å²) in [6, 6.07) is 18.6. The van der Waals surface area contributed by atoms with Crippen LogP contribution in [0.25, 0.3) is 0 Å². The smallest absolute Gasteiger partial charge is 0.225 e. The predicted octanol–water partition coefficient (Wildman–Crippen LogP) is 6.25. The molecule has 12 atom stereocenters. The Labute approximate surface area is 419 Å². The Hall–Kier alpha value is -3.01. The zero-order valence-corrected chi connectivity index (χ0v) is 43.2. The fourth-order valence-electron chi connectivity index (χ4n) is 14.8. The molecule has 1 amide bonds.